The fraction of sp³-hybridized carbons (Fsp3) is 0.579. The molecule has 0 radical (unpaired) electrons. The first-order valence-corrected chi connectivity index (χ1v) is 9.28. The van der Waals surface area contributed by atoms with Gasteiger partial charge in [-0.2, -0.15) is 13.2 Å². The predicted molar refractivity (Wildman–Crippen MR) is 93.6 cm³/mol. The monoisotopic (exact) mass is 414 g/mol. The van der Waals surface area contributed by atoms with Crippen molar-refractivity contribution in [1.82, 2.24) is 10.2 Å². The van der Waals surface area contributed by atoms with Crippen LogP contribution in [0.1, 0.15) is 31.2 Å². The molecule has 4 rings (SSSR count). The number of hydrogen-bond acceptors (Lipinski definition) is 5. The number of methoxy groups -OCH3 is 1. The van der Waals surface area contributed by atoms with Gasteiger partial charge in [0.2, 0.25) is 0 Å². The second kappa shape index (κ2) is 6.51. The standard InChI is InChI=1S/C19H21F3N2O5/c1-24-15(25)19(23-16(24)26)13-9-12(28-10-18(20,21)22)3-4-14(13)29-17(19)7-5-11(27-2)6-8-17/h3-4,9,11H,5-8,10H2,1-2H3,(H,23,26). The van der Waals surface area contributed by atoms with Crippen LogP contribution < -0.4 is 14.8 Å². The van der Waals surface area contributed by atoms with E-state index in [1.165, 1.54) is 25.2 Å². The average Bonchev–Trinajstić information content (AvgIpc) is 3.07. The number of hydrogen-bond donors (Lipinski definition) is 1. The van der Waals surface area contributed by atoms with Gasteiger partial charge in [-0.25, -0.2) is 4.79 Å². The minimum absolute atomic E-state index is 0.0144. The van der Waals surface area contributed by atoms with E-state index in [0.29, 0.717) is 37.0 Å². The van der Waals surface area contributed by atoms with Crippen LogP contribution in [0.5, 0.6) is 11.5 Å². The van der Waals surface area contributed by atoms with Crippen molar-refractivity contribution >= 4 is 11.9 Å². The summed E-state index contributed by atoms with van der Waals surface area (Å²) >= 11 is 0. The zero-order chi connectivity index (χ0) is 21.0. The van der Waals surface area contributed by atoms with Gasteiger partial charge in [-0.3, -0.25) is 9.69 Å². The summed E-state index contributed by atoms with van der Waals surface area (Å²) in [5, 5.41) is 2.77. The topological polar surface area (TPSA) is 77.1 Å². The van der Waals surface area contributed by atoms with Gasteiger partial charge in [0.15, 0.2) is 12.1 Å². The molecule has 1 aromatic carbocycles. The van der Waals surface area contributed by atoms with Crippen LogP contribution in [0, 0.1) is 0 Å². The SMILES string of the molecule is COC1CCC2(CC1)Oc1ccc(OCC(F)(F)F)cc1C21NC(=O)N(C)C1=O. The van der Waals surface area contributed by atoms with E-state index >= 15 is 0 Å². The van der Waals surface area contributed by atoms with Crippen molar-refractivity contribution in [3.8, 4) is 11.5 Å². The molecule has 2 aliphatic heterocycles. The molecule has 0 bridgehead atoms. The third-order valence-electron chi connectivity index (χ3n) is 6.04. The predicted octanol–water partition coefficient (Wildman–Crippen LogP) is 2.72. The molecule has 1 aliphatic carbocycles. The molecule has 2 fully saturated rings. The highest BCUT2D eigenvalue weighted by molar-refractivity contribution is 6.09. The summed E-state index contributed by atoms with van der Waals surface area (Å²) in [4.78, 5) is 26.6. The maximum Gasteiger partial charge on any atom is 0.422 e. The van der Waals surface area contributed by atoms with E-state index < -0.39 is 35.9 Å². The molecular formula is C19H21F3N2O5. The third-order valence-corrected chi connectivity index (χ3v) is 6.04. The first kappa shape index (κ1) is 19.8. The molecule has 1 N–H and O–H groups in total. The first-order chi connectivity index (χ1) is 13.6. The number of fused-ring (bicyclic) bond motifs is 3. The van der Waals surface area contributed by atoms with Crippen LogP contribution in [0.25, 0.3) is 0 Å². The maximum absolute atomic E-state index is 13.3. The van der Waals surface area contributed by atoms with Gasteiger partial charge in [0.1, 0.15) is 17.1 Å². The van der Waals surface area contributed by atoms with Crippen LogP contribution in [0.3, 0.4) is 0 Å². The van der Waals surface area contributed by atoms with Crippen LogP contribution in [0.2, 0.25) is 0 Å². The Morgan fingerprint density at radius 2 is 1.97 bits per heavy atom. The van der Waals surface area contributed by atoms with Crippen molar-refractivity contribution in [3.05, 3.63) is 23.8 Å². The molecule has 1 saturated carbocycles. The molecule has 1 atom stereocenters. The molecule has 1 saturated heterocycles. The molecule has 10 heteroatoms. The van der Waals surface area contributed by atoms with Crippen molar-refractivity contribution in [1.29, 1.82) is 0 Å². The van der Waals surface area contributed by atoms with E-state index in [-0.39, 0.29) is 11.9 Å². The molecule has 158 valence electrons. The van der Waals surface area contributed by atoms with Crippen LogP contribution in [0.15, 0.2) is 18.2 Å². The summed E-state index contributed by atoms with van der Waals surface area (Å²) in [5.74, 6) is -0.197. The Labute approximate surface area is 165 Å². The van der Waals surface area contributed by atoms with E-state index in [4.69, 9.17) is 14.2 Å². The number of likely N-dealkylation sites (N-methyl/N-ethyl adjacent to an activating group) is 1. The Balaban J connectivity index is 1.76. The number of imide groups is 1. The van der Waals surface area contributed by atoms with E-state index in [0.717, 1.165) is 4.90 Å². The number of amides is 3. The van der Waals surface area contributed by atoms with Gasteiger partial charge in [0.05, 0.1) is 6.10 Å². The molecule has 3 amide bonds. The summed E-state index contributed by atoms with van der Waals surface area (Å²) in [7, 11) is 2.98. The van der Waals surface area contributed by atoms with Crippen LogP contribution >= 0.6 is 0 Å². The lowest BCUT2D eigenvalue weighted by atomic mass is 9.68. The normalized spacial score (nSPS) is 31.2. The summed E-state index contributed by atoms with van der Waals surface area (Å²) in [6.07, 6.45) is -2.35. The van der Waals surface area contributed by atoms with E-state index in [2.05, 4.69) is 5.32 Å². The zero-order valence-electron chi connectivity index (χ0n) is 16.0. The fourth-order valence-electron chi connectivity index (χ4n) is 4.58. The zero-order valence-corrected chi connectivity index (χ0v) is 16.0. The molecule has 2 spiro atoms. The Morgan fingerprint density at radius 3 is 2.52 bits per heavy atom. The number of urea groups is 1. The Kier molecular flexibility index (Phi) is 4.45. The summed E-state index contributed by atoms with van der Waals surface area (Å²) in [6, 6.07) is 3.62. The lowest BCUT2D eigenvalue weighted by Gasteiger charge is -2.44. The molecule has 1 unspecified atom stereocenters. The van der Waals surface area contributed by atoms with Gasteiger partial charge in [-0.05, 0) is 43.9 Å². The third kappa shape index (κ3) is 2.92. The van der Waals surface area contributed by atoms with Gasteiger partial charge < -0.3 is 19.5 Å². The van der Waals surface area contributed by atoms with Crippen molar-refractivity contribution in [2.75, 3.05) is 20.8 Å². The highest BCUT2D eigenvalue weighted by Crippen LogP contribution is 2.56. The number of carbonyl (C=O) groups excluding carboxylic acids is 2. The van der Waals surface area contributed by atoms with Gasteiger partial charge in [0, 0.05) is 19.7 Å². The second-order valence-electron chi connectivity index (χ2n) is 7.64. The highest BCUT2D eigenvalue weighted by Gasteiger charge is 2.70. The quantitative estimate of drug-likeness (QED) is 0.770. The molecule has 2 heterocycles. The number of ether oxygens (including phenoxy) is 3. The lowest BCUT2D eigenvalue weighted by Crippen LogP contribution is -2.62. The lowest BCUT2D eigenvalue weighted by molar-refractivity contribution is -0.153. The average molecular weight is 414 g/mol. The highest BCUT2D eigenvalue weighted by atomic mass is 19.4. The molecule has 1 aromatic rings. The van der Waals surface area contributed by atoms with Gasteiger partial charge in [0.25, 0.3) is 5.91 Å². The molecule has 29 heavy (non-hydrogen) atoms. The van der Waals surface area contributed by atoms with Crippen molar-refractivity contribution in [3.63, 3.8) is 0 Å². The van der Waals surface area contributed by atoms with Crippen molar-refractivity contribution in [2.24, 2.45) is 0 Å². The molecule has 3 aliphatic rings. The first-order valence-electron chi connectivity index (χ1n) is 9.28. The number of benzene rings is 1. The number of nitrogens with one attached hydrogen (secondary N) is 1. The van der Waals surface area contributed by atoms with Crippen LogP contribution in [-0.4, -0.2) is 55.5 Å². The number of carbonyl (C=O) groups is 2. The smallest absolute Gasteiger partial charge is 0.422 e. The van der Waals surface area contributed by atoms with Gasteiger partial charge >= 0.3 is 12.2 Å². The minimum Gasteiger partial charge on any atom is -0.484 e. The Hall–Kier alpha value is -2.49. The number of rotatable bonds is 3. The van der Waals surface area contributed by atoms with E-state index in [9.17, 15) is 22.8 Å². The summed E-state index contributed by atoms with van der Waals surface area (Å²) in [5.41, 5.74) is -2.23. The van der Waals surface area contributed by atoms with Crippen LogP contribution in [0.4, 0.5) is 18.0 Å². The van der Waals surface area contributed by atoms with E-state index in [1.54, 1.807) is 7.11 Å². The van der Waals surface area contributed by atoms with E-state index in [1.807, 2.05) is 0 Å². The number of alkyl halides is 3. The second-order valence-corrected chi connectivity index (χ2v) is 7.64. The molecule has 7 nitrogen and oxygen atoms in total. The maximum atomic E-state index is 13.3. The Bertz CT molecular complexity index is 851. The summed E-state index contributed by atoms with van der Waals surface area (Å²) in [6.45, 7) is -1.46. The molecule has 0 aromatic heterocycles. The largest absolute Gasteiger partial charge is 0.484 e. The van der Waals surface area contributed by atoms with Gasteiger partial charge in [-0.1, -0.05) is 0 Å². The number of halogens is 3. The Morgan fingerprint density at radius 1 is 1.28 bits per heavy atom. The summed E-state index contributed by atoms with van der Waals surface area (Å²) < 4.78 is 54.2. The van der Waals surface area contributed by atoms with Crippen LogP contribution in [-0.2, 0) is 15.1 Å². The van der Waals surface area contributed by atoms with Crippen molar-refractivity contribution < 1.29 is 37.0 Å². The van der Waals surface area contributed by atoms with Crippen molar-refractivity contribution in [2.45, 2.75) is 49.1 Å². The molecular weight excluding hydrogens is 393 g/mol. The fourth-order valence-corrected chi connectivity index (χ4v) is 4.58. The number of nitrogens with zero attached hydrogens (tertiary/aromatic N) is 1. The minimum atomic E-state index is -4.50. The van der Waals surface area contributed by atoms with Gasteiger partial charge in [-0.15, -0.1) is 0 Å².